The van der Waals surface area contributed by atoms with Crippen molar-refractivity contribution in [2.45, 2.75) is 26.9 Å². The number of hydrogen-bond donors (Lipinski definition) is 0. The third kappa shape index (κ3) is 6.72. The van der Waals surface area contributed by atoms with Crippen LogP contribution in [0.15, 0.2) is 72.9 Å². The Morgan fingerprint density at radius 1 is 0.939 bits per heavy atom. The van der Waals surface area contributed by atoms with Crippen molar-refractivity contribution in [2.75, 3.05) is 20.2 Å². The lowest BCUT2D eigenvalue weighted by Crippen LogP contribution is -2.44. The summed E-state index contributed by atoms with van der Waals surface area (Å²) in [6.07, 6.45) is 1.97. The number of carbonyl (C=O) groups excluding carboxylic acids is 2. The van der Waals surface area contributed by atoms with Gasteiger partial charge in [-0.1, -0.05) is 50.2 Å². The number of ether oxygens (including phenoxy) is 1. The van der Waals surface area contributed by atoms with E-state index in [2.05, 4.69) is 0 Å². The number of carbonyl (C=O) groups is 2. The largest absolute Gasteiger partial charge is 0.497 e. The molecule has 0 fully saturated rings. The van der Waals surface area contributed by atoms with Crippen molar-refractivity contribution in [1.29, 1.82) is 0 Å². The number of hydrogen-bond acceptors (Lipinski definition) is 3. The fourth-order valence-corrected chi connectivity index (χ4v) is 3.75. The van der Waals surface area contributed by atoms with Crippen LogP contribution in [0.2, 0.25) is 0 Å². The van der Waals surface area contributed by atoms with Crippen LogP contribution in [0.25, 0.3) is 0 Å². The molecule has 0 spiro atoms. The van der Waals surface area contributed by atoms with Crippen LogP contribution in [0.3, 0.4) is 0 Å². The van der Waals surface area contributed by atoms with E-state index in [0.717, 1.165) is 11.3 Å². The summed E-state index contributed by atoms with van der Waals surface area (Å²) in [7, 11) is 3.54. The Labute approximate surface area is 196 Å². The van der Waals surface area contributed by atoms with Crippen molar-refractivity contribution < 1.29 is 14.3 Å². The van der Waals surface area contributed by atoms with E-state index in [1.54, 1.807) is 36.3 Å². The molecule has 174 valence electrons. The van der Waals surface area contributed by atoms with Gasteiger partial charge in [-0.25, -0.2) is 0 Å². The number of aryl methyl sites for hydroxylation is 1. The third-order valence-electron chi connectivity index (χ3n) is 5.49. The molecule has 6 nitrogen and oxygen atoms in total. The lowest BCUT2D eigenvalue weighted by atomic mass is 10.1. The molecular weight excluding hydrogens is 414 g/mol. The van der Waals surface area contributed by atoms with Crippen molar-refractivity contribution in [3.8, 4) is 5.75 Å². The van der Waals surface area contributed by atoms with Gasteiger partial charge in [-0.05, 0) is 41.8 Å². The average Bonchev–Trinajstić information content (AvgIpc) is 3.22. The van der Waals surface area contributed by atoms with E-state index in [-0.39, 0.29) is 24.3 Å². The predicted molar refractivity (Wildman–Crippen MR) is 130 cm³/mol. The molecule has 0 saturated carbocycles. The molecule has 2 aromatic carbocycles. The molecule has 1 heterocycles. The van der Waals surface area contributed by atoms with Gasteiger partial charge in [-0.15, -0.1) is 0 Å². The Bertz CT molecular complexity index is 1060. The van der Waals surface area contributed by atoms with Crippen molar-refractivity contribution in [3.05, 3.63) is 89.7 Å². The monoisotopic (exact) mass is 447 g/mol. The van der Waals surface area contributed by atoms with Gasteiger partial charge in [0.05, 0.1) is 13.7 Å². The zero-order valence-electron chi connectivity index (χ0n) is 19.9. The Hall–Kier alpha value is -3.54. The fourth-order valence-electron chi connectivity index (χ4n) is 3.75. The van der Waals surface area contributed by atoms with Gasteiger partial charge in [0.1, 0.15) is 12.3 Å². The van der Waals surface area contributed by atoms with Crippen LogP contribution >= 0.6 is 0 Å². The van der Waals surface area contributed by atoms with E-state index >= 15 is 0 Å². The molecule has 0 aliphatic heterocycles. The molecule has 0 bridgehead atoms. The van der Waals surface area contributed by atoms with Gasteiger partial charge >= 0.3 is 0 Å². The Morgan fingerprint density at radius 3 is 2.33 bits per heavy atom. The van der Waals surface area contributed by atoms with Crippen molar-refractivity contribution in [3.63, 3.8) is 0 Å². The standard InChI is InChI=1S/C27H33N3O3/c1-21(2)17-30(27(32)23-12-8-14-25(16-23)33-4)20-26(31)29(18-22-10-6-5-7-11-22)19-24-13-9-15-28(24)3/h5-16,21H,17-20H2,1-4H3. The summed E-state index contributed by atoms with van der Waals surface area (Å²) in [5.41, 5.74) is 2.60. The molecule has 0 radical (unpaired) electrons. The van der Waals surface area contributed by atoms with E-state index in [9.17, 15) is 9.59 Å². The second kappa shape index (κ2) is 11.4. The first kappa shape index (κ1) is 24.1. The number of rotatable bonds is 10. The Morgan fingerprint density at radius 2 is 1.70 bits per heavy atom. The maximum atomic E-state index is 13.5. The molecule has 0 aliphatic rings. The first-order chi connectivity index (χ1) is 15.9. The number of methoxy groups -OCH3 is 1. The van der Waals surface area contributed by atoms with Crippen molar-refractivity contribution in [2.24, 2.45) is 13.0 Å². The summed E-state index contributed by atoms with van der Waals surface area (Å²) in [5.74, 6) is 0.584. The van der Waals surface area contributed by atoms with E-state index in [1.807, 2.05) is 79.0 Å². The molecule has 0 aliphatic carbocycles. The van der Waals surface area contributed by atoms with Gasteiger partial charge in [0.2, 0.25) is 5.91 Å². The second-order valence-electron chi connectivity index (χ2n) is 8.66. The second-order valence-corrected chi connectivity index (χ2v) is 8.66. The summed E-state index contributed by atoms with van der Waals surface area (Å²) in [6, 6.07) is 21.0. The van der Waals surface area contributed by atoms with Gasteiger partial charge in [0, 0.05) is 37.6 Å². The van der Waals surface area contributed by atoms with Crippen LogP contribution in [0, 0.1) is 5.92 Å². The number of benzene rings is 2. The van der Waals surface area contributed by atoms with Gasteiger partial charge in [-0.3, -0.25) is 9.59 Å². The zero-order valence-corrected chi connectivity index (χ0v) is 19.9. The molecule has 3 rings (SSSR count). The molecule has 6 heteroatoms. The maximum Gasteiger partial charge on any atom is 0.254 e. The van der Waals surface area contributed by atoms with Gasteiger partial charge in [0.15, 0.2) is 0 Å². The summed E-state index contributed by atoms with van der Waals surface area (Å²) < 4.78 is 7.29. The molecule has 0 saturated heterocycles. The minimum absolute atomic E-state index is 0.0193. The number of nitrogens with zero attached hydrogens (tertiary/aromatic N) is 3. The zero-order chi connectivity index (χ0) is 23.8. The predicted octanol–water partition coefficient (Wildman–Crippen LogP) is 4.36. The fraction of sp³-hybridized carbons (Fsp3) is 0.333. The Kier molecular flexibility index (Phi) is 8.30. The summed E-state index contributed by atoms with van der Waals surface area (Å²) in [4.78, 5) is 30.3. The van der Waals surface area contributed by atoms with Gasteiger partial charge in [0.25, 0.3) is 5.91 Å². The molecule has 0 unspecified atom stereocenters. The van der Waals surface area contributed by atoms with E-state index in [4.69, 9.17) is 4.74 Å². The lowest BCUT2D eigenvalue weighted by Gasteiger charge is -2.29. The smallest absolute Gasteiger partial charge is 0.254 e. The van der Waals surface area contributed by atoms with Crippen LogP contribution in [-0.2, 0) is 24.9 Å². The highest BCUT2D eigenvalue weighted by molar-refractivity contribution is 5.96. The summed E-state index contributed by atoms with van der Waals surface area (Å²) in [6.45, 7) is 5.55. The number of amides is 2. The topological polar surface area (TPSA) is 54.8 Å². The van der Waals surface area contributed by atoms with Crippen molar-refractivity contribution >= 4 is 11.8 Å². The molecule has 33 heavy (non-hydrogen) atoms. The highest BCUT2D eigenvalue weighted by Gasteiger charge is 2.24. The van der Waals surface area contributed by atoms with E-state index in [0.29, 0.717) is 30.9 Å². The maximum absolute atomic E-state index is 13.5. The molecule has 1 aromatic heterocycles. The minimum Gasteiger partial charge on any atom is -0.497 e. The van der Waals surface area contributed by atoms with Gasteiger partial charge < -0.3 is 19.1 Å². The molecule has 0 atom stereocenters. The van der Waals surface area contributed by atoms with Crippen LogP contribution in [0.1, 0.15) is 35.5 Å². The SMILES string of the molecule is COc1cccc(C(=O)N(CC(=O)N(Cc2ccccc2)Cc2cccn2C)CC(C)C)c1. The molecule has 2 amide bonds. The molecule has 3 aromatic rings. The quantitative estimate of drug-likeness (QED) is 0.464. The lowest BCUT2D eigenvalue weighted by molar-refractivity contribution is -0.133. The van der Waals surface area contributed by atoms with Crippen LogP contribution in [0.5, 0.6) is 5.75 Å². The first-order valence-corrected chi connectivity index (χ1v) is 11.2. The molecule has 0 N–H and O–H groups in total. The van der Waals surface area contributed by atoms with Crippen LogP contribution in [0.4, 0.5) is 0 Å². The highest BCUT2D eigenvalue weighted by Crippen LogP contribution is 2.17. The Balaban J connectivity index is 1.83. The summed E-state index contributed by atoms with van der Waals surface area (Å²) in [5, 5.41) is 0. The van der Waals surface area contributed by atoms with Crippen LogP contribution in [-0.4, -0.2) is 46.4 Å². The third-order valence-corrected chi connectivity index (χ3v) is 5.49. The number of aromatic nitrogens is 1. The first-order valence-electron chi connectivity index (χ1n) is 11.2. The van der Waals surface area contributed by atoms with Crippen molar-refractivity contribution in [1.82, 2.24) is 14.4 Å². The summed E-state index contributed by atoms with van der Waals surface area (Å²) >= 11 is 0. The van der Waals surface area contributed by atoms with Gasteiger partial charge in [-0.2, -0.15) is 0 Å². The average molecular weight is 448 g/mol. The normalized spacial score (nSPS) is 10.8. The van der Waals surface area contributed by atoms with E-state index < -0.39 is 0 Å². The highest BCUT2D eigenvalue weighted by atomic mass is 16.5. The van der Waals surface area contributed by atoms with E-state index in [1.165, 1.54) is 0 Å². The minimum atomic E-state index is -0.172. The van der Waals surface area contributed by atoms with Crippen LogP contribution < -0.4 is 4.74 Å². The molecular formula is C27H33N3O3.